The van der Waals surface area contributed by atoms with Crippen molar-refractivity contribution in [3.63, 3.8) is 0 Å². The molecular formula is C18H15NO3S. The first-order chi connectivity index (χ1) is 11.0. The van der Waals surface area contributed by atoms with Gasteiger partial charge >= 0.3 is 0 Å². The minimum atomic E-state index is -0.811. The summed E-state index contributed by atoms with van der Waals surface area (Å²) in [7, 11) is 0. The molecule has 0 aromatic heterocycles. The summed E-state index contributed by atoms with van der Waals surface area (Å²) < 4.78 is 0. The maximum Gasteiger partial charge on any atom is 0.262 e. The summed E-state index contributed by atoms with van der Waals surface area (Å²) in [4.78, 5) is 39.1. The van der Waals surface area contributed by atoms with Gasteiger partial charge in [0.05, 0.1) is 11.1 Å². The van der Waals surface area contributed by atoms with Crippen LogP contribution in [0.25, 0.3) is 0 Å². The molecule has 0 spiro atoms. The molecule has 1 aliphatic heterocycles. The zero-order valence-corrected chi connectivity index (χ0v) is 13.6. The number of carbonyl (C=O) groups excluding carboxylic acids is 3. The second-order valence-corrected chi connectivity index (χ2v) is 6.51. The van der Waals surface area contributed by atoms with Crippen LogP contribution < -0.4 is 0 Å². The number of hydrogen-bond acceptors (Lipinski definition) is 4. The lowest BCUT2D eigenvalue weighted by Crippen LogP contribution is -2.41. The number of aryl methyl sites for hydroxylation is 1. The average Bonchev–Trinajstić information content (AvgIpc) is 2.81. The summed E-state index contributed by atoms with van der Waals surface area (Å²) in [6.07, 6.45) is 0. The summed E-state index contributed by atoms with van der Waals surface area (Å²) >= 11 is 1.05. The zero-order chi connectivity index (χ0) is 16.6. The van der Waals surface area contributed by atoms with Crippen LogP contribution in [0.5, 0.6) is 0 Å². The lowest BCUT2D eigenvalue weighted by atomic mass is 10.1. The maximum atomic E-state index is 12.4. The largest absolute Gasteiger partial charge is 0.284 e. The Kier molecular flexibility index (Phi) is 4.05. The minimum Gasteiger partial charge on any atom is -0.284 e. The minimum absolute atomic E-state index is 0.233. The van der Waals surface area contributed by atoms with E-state index in [1.165, 1.54) is 0 Å². The summed E-state index contributed by atoms with van der Waals surface area (Å²) in [6.45, 7) is 3.56. The number of carbonyl (C=O) groups is 3. The zero-order valence-electron chi connectivity index (χ0n) is 12.8. The van der Waals surface area contributed by atoms with E-state index in [0.29, 0.717) is 11.1 Å². The first-order valence-electron chi connectivity index (χ1n) is 7.24. The smallest absolute Gasteiger partial charge is 0.262 e. The first kappa shape index (κ1) is 15.5. The molecule has 0 N–H and O–H groups in total. The molecule has 0 radical (unpaired) electrons. The fourth-order valence-electron chi connectivity index (χ4n) is 2.47. The van der Waals surface area contributed by atoms with E-state index in [-0.39, 0.29) is 5.12 Å². The van der Waals surface area contributed by atoms with E-state index in [2.05, 4.69) is 0 Å². The number of amides is 2. The molecule has 5 heteroatoms. The van der Waals surface area contributed by atoms with Gasteiger partial charge in [-0.2, -0.15) is 0 Å². The number of nitrogens with zero attached hydrogens (tertiary/aromatic N) is 1. The molecule has 2 amide bonds. The van der Waals surface area contributed by atoms with Crippen LogP contribution in [0.1, 0.15) is 33.2 Å². The Morgan fingerprint density at radius 1 is 0.957 bits per heavy atom. The highest BCUT2D eigenvalue weighted by molar-refractivity contribution is 8.13. The van der Waals surface area contributed by atoms with E-state index >= 15 is 0 Å². The van der Waals surface area contributed by atoms with Gasteiger partial charge in [-0.25, -0.2) is 0 Å². The third kappa shape index (κ3) is 2.80. The summed E-state index contributed by atoms with van der Waals surface area (Å²) in [5.41, 5.74) is 1.82. The highest BCUT2D eigenvalue weighted by Crippen LogP contribution is 2.28. The number of thioether (sulfide) groups is 1. The van der Waals surface area contributed by atoms with Crippen molar-refractivity contribution >= 4 is 28.7 Å². The van der Waals surface area contributed by atoms with E-state index in [1.807, 2.05) is 31.2 Å². The topological polar surface area (TPSA) is 54.5 Å². The van der Waals surface area contributed by atoms with Crippen molar-refractivity contribution in [1.82, 2.24) is 4.90 Å². The number of fused-ring (bicyclic) bond motifs is 1. The highest BCUT2D eigenvalue weighted by Gasteiger charge is 2.40. The van der Waals surface area contributed by atoms with Crippen molar-refractivity contribution in [1.29, 1.82) is 0 Å². The van der Waals surface area contributed by atoms with Gasteiger partial charge in [-0.1, -0.05) is 29.8 Å². The Balaban J connectivity index is 1.79. The van der Waals surface area contributed by atoms with Crippen molar-refractivity contribution in [3.8, 4) is 0 Å². The van der Waals surface area contributed by atoms with Crippen LogP contribution in [0.2, 0.25) is 0 Å². The molecule has 1 unspecified atom stereocenters. The Hall–Kier alpha value is -2.40. The van der Waals surface area contributed by atoms with Gasteiger partial charge in [-0.3, -0.25) is 19.3 Å². The van der Waals surface area contributed by atoms with Crippen LogP contribution in [0.4, 0.5) is 0 Å². The van der Waals surface area contributed by atoms with Gasteiger partial charge < -0.3 is 0 Å². The Labute approximate surface area is 138 Å². The molecule has 1 aliphatic rings. The van der Waals surface area contributed by atoms with Crippen LogP contribution in [-0.2, 0) is 4.79 Å². The second-order valence-electron chi connectivity index (χ2n) is 5.44. The van der Waals surface area contributed by atoms with Crippen molar-refractivity contribution in [3.05, 3.63) is 65.2 Å². The standard InChI is InChI=1S/C18H15NO3S/c1-11-7-9-13(10-8-11)23-18(22)12(2)19-16(20)14-5-3-4-6-15(14)17(19)21/h3-10,12H,1-2H3. The Bertz CT molecular complexity index is 763. The first-order valence-corrected chi connectivity index (χ1v) is 8.06. The van der Waals surface area contributed by atoms with Crippen LogP contribution in [0.15, 0.2) is 53.4 Å². The summed E-state index contributed by atoms with van der Waals surface area (Å²) in [5.74, 6) is -0.813. The van der Waals surface area contributed by atoms with Gasteiger partial charge in [0.2, 0.25) is 5.12 Å². The molecule has 0 saturated heterocycles. The normalized spacial score (nSPS) is 14.8. The fraction of sp³-hybridized carbons (Fsp3) is 0.167. The van der Waals surface area contributed by atoms with Crippen LogP contribution >= 0.6 is 11.8 Å². The van der Waals surface area contributed by atoms with E-state index in [1.54, 1.807) is 31.2 Å². The third-order valence-electron chi connectivity index (χ3n) is 3.79. The van der Waals surface area contributed by atoms with Gasteiger partial charge in [0, 0.05) is 4.90 Å². The van der Waals surface area contributed by atoms with E-state index in [9.17, 15) is 14.4 Å². The molecule has 1 atom stereocenters. The van der Waals surface area contributed by atoms with Gasteiger partial charge in [-0.05, 0) is 49.9 Å². The molecule has 2 aromatic carbocycles. The lowest BCUT2D eigenvalue weighted by Gasteiger charge is -2.20. The SMILES string of the molecule is Cc1ccc(SC(=O)C(C)N2C(=O)c3ccccc3C2=O)cc1. The third-order valence-corrected chi connectivity index (χ3v) is 4.84. The van der Waals surface area contributed by atoms with Crippen molar-refractivity contribution in [2.75, 3.05) is 0 Å². The molecule has 4 nitrogen and oxygen atoms in total. The number of hydrogen-bond donors (Lipinski definition) is 0. The van der Waals surface area contributed by atoms with Gasteiger partial charge in [-0.15, -0.1) is 0 Å². The molecule has 116 valence electrons. The van der Waals surface area contributed by atoms with E-state index in [0.717, 1.165) is 27.1 Å². The molecular weight excluding hydrogens is 310 g/mol. The van der Waals surface area contributed by atoms with Crippen molar-refractivity contribution in [2.24, 2.45) is 0 Å². The fourth-order valence-corrected chi connectivity index (χ4v) is 3.25. The molecule has 0 bridgehead atoms. The molecule has 1 heterocycles. The van der Waals surface area contributed by atoms with Gasteiger partial charge in [0.25, 0.3) is 11.8 Å². The summed E-state index contributed by atoms with van der Waals surface area (Å²) in [6, 6.07) is 13.4. The van der Waals surface area contributed by atoms with Crippen LogP contribution in [0, 0.1) is 6.92 Å². The molecule has 3 rings (SSSR count). The van der Waals surface area contributed by atoms with E-state index in [4.69, 9.17) is 0 Å². The predicted octanol–water partition coefficient (Wildman–Crippen LogP) is 3.30. The number of benzene rings is 2. The molecule has 23 heavy (non-hydrogen) atoms. The lowest BCUT2D eigenvalue weighted by molar-refractivity contribution is -0.114. The van der Waals surface area contributed by atoms with Crippen molar-refractivity contribution < 1.29 is 14.4 Å². The summed E-state index contributed by atoms with van der Waals surface area (Å²) in [5, 5.41) is -0.233. The second kappa shape index (κ2) is 6.01. The van der Waals surface area contributed by atoms with Crippen LogP contribution in [0.3, 0.4) is 0 Å². The highest BCUT2D eigenvalue weighted by atomic mass is 32.2. The molecule has 0 fully saturated rings. The van der Waals surface area contributed by atoms with E-state index < -0.39 is 17.9 Å². The molecule has 0 aliphatic carbocycles. The predicted molar refractivity (Wildman–Crippen MR) is 88.4 cm³/mol. The molecule has 2 aromatic rings. The average molecular weight is 325 g/mol. The maximum absolute atomic E-state index is 12.4. The number of rotatable bonds is 3. The monoisotopic (exact) mass is 325 g/mol. The quantitative estimate of drug-likeness (QED) is 0.642. The van der Waals surface area contributed by atoms with Gasteiger partial charge in [0.15, 0.2) is 0 Å². The van der Waals surface area contributed by atoms with Crippen molar-refractivity contribution in [2.45, 2.75) is 24.8 Å². The Morgan fingerprint density at radius 2 is 1.48 bits per heavy atom. The Morgan fingerprint density at radius 3 is 2.00 bits per heavy atom. The van der Waals surface area contributed by atoms with Crippen LogP contribution in [-0.4, -0.2) is 27.9 Å². The van der Waals surface area contributed by atoms with Gasteiger partial charge in [0.1, 0.15) is 6.04 Å². The molecule has 0 saturated carbocycles. The number of imide groups is 1.